The molecule has 1 aromatic carbocycles. The molecule has 1 aromatic rings. The number of aryl methyl sites for hydroxylation is 1. The van der Waals surface area contributed by atoms with E-state index in [0.717, 1.165) is 16.9 Å². The van der Waals surface area contributed by atoms with Crippen molar-refractivity contribution in [1.82, 2.24) is 10.6 Å². The van der Waals surface area contributed by atoms with Gasteiger partial charge in [-0.2, -0.15) is 0 Å². The number of nitrogens with one attached hydrogen (secondary N) is 2. The summed E-state index contributed by atoms with van der Waals surface area (Å²) in [5.74, 6) is 0.774. The van der Waals surface area contributed by atoms with Crippen LogP contribution >= 0.6 is 0 Å². The van der Waals surface area contributed by atoms with Crippen LogP contribution in [0.4, 0.5) is 4.79 Å². The van der Waals surface area contributed by atoms with Crippen molar-refractivity contribution < 1.29 is 14.6 Å². The van der Waals surface area contributed by atoms with Crippen molar-refractivity contribution in [1.29, 1.82) is 0 Å². The van der Waals surface area contributed by atoms with Crippen LogP contribution in [0.25, 0.3) is 0 Å². The van der Waals surface area contributed by atoms with Gasteiger partial charge in [-0.3, -0.25) is 0 Å². The Labute approximate surface area is 126 Å². The summed E-state index contributed by atoms with van der Waals surface area (Å²) in [6.45, 7) is 7.06. The molecule has 0 saturated carbocycles. The maximum atomic E-state index is 11.8. The molecule has 0 aliphatic rings. The average molecular weight is 294 g/mol. The number of amides is 2. The summed E-state index contributed by atoms with van der Waals surface area (Å²) in [4.78, 5) is 11.8. The van der Waals surface area contributed by atoms with Crippen LogP contribution in [0.3, 0.4) is 0 Å². The van der Waals surface area contributed by atoms with Crippen molar-refractivity contribution in [3.63, 3.8) is 0 Å². The maximum absolute atomic E-state index is 11.8. The quantitative estimate of drug-likeness (QED) is 0.722. The molecule has 0 unspecified atom stereocenters. The fourth-order valence-electron chi connectivity index (χ4n) is 1.95. The van der Waals surface area contributed by atoms with Gasteiger partial charge in [0.05, 0.1) is 7.11 Å². The van der Waals surface area contributed by atoms with E-state index in [2.05, 4.69) is 10.6 Å². The minimum Gasteiger partial charge on any atom is -0.496 e. The zero-order valence-electron chi connectivity index (χ0n) is 13.3. The van der Waals surface area contributed by atoms with E-state index in [1.807, 2.05) is 39.0 Å². The Bertz CT molecular complexity index is 473. The SMILES string of the molecule is COc1cc(C)ccc1CNC(=O)NCC(C)(C)CCO. The highest BCUT2D eigenvalue weighted by atomic mass is 16.5. The van der Waals surface area contributed by atoms with E-state index in [-0.39, 0.29) is 18.1 Å². The second-order valence-electron chi connectivity index (χ2n) is 5.99. The van der Waals surface area contributed by atoms with E-state index in [1.165, 1.54) is 0 Å². The van der Waals surface area contributed by atoms with E-state index in [9.17, 15) is 4.79 Å². The molecule has 3 N–H and O–H groups in total. The number of methoxy groups -OCH3 is 1. The summed E-state index contributed by atoms with van der Waals surface area (Å²) >= 11 is 0. The van der Waals surface area contributed by atoms with E-state index < -0.39 is 0 Å². The zero-order valence-corrected chi connectivity index (χ0v) is 13.3. The molecule has 2 amide bonds. The van der Waals surface area contributed by atoms with Crippen molar-refractivity contribution in [3.05, 3.63) is 29.3 Å². The molecule has 0 aromatic heterocycles. The van der Waals surface area contributed by atoms with Gasteiger partial charge in [-0.25, -0.2) is 4.79 Å². The Morgan fingerprint density at radius 1 is 1.33 bits per heavy atom. The fourth-order valence-corrected chi connectivity index (χ4v) is 1.95. The molecular weight excluding hydrogens is 268 g/mol. The summed E-state index contributed by atoms with van der Waals surface area (Å²) in [5.41, 5.74) is 1.94. The number of benzene rings is 1. The Kier molecular flexibility index (Phi) is 6.49. The van der Waals surface area contributed by atoms with Crippen molar-refractivity contribution in [2.75, 3.05) is 20.3 Å². The molecule has 0 bridgehead atoms. The largest absolute Gasteiger partial charge is 0.496 e. The molecule has 0 fully saturated rings. The number of ether oxygens (including phenoxy) is 1. The molecule has 0 aliphatic carbocycles. The fraction of sp³-hybridized carbons (Fsp3) is 0.562. The lowest BCUT2D eigenvalue weighted by Crippen LogP contribution is -2.40. The monoisotopic (exact) mass is 294 g/mol. The van der Waals surface area contributed by atoms with Crippen molar-refractivity contribution >= 4 is 6.03 Å². The second kappa shape index (κ2) is 7.88. The third kappa shape index (κ3) is 6.04. The number of aliphatic hydroxyl groups is 1. The van der Waals surface area contributed by atoms with Gasteiger partial charge in [0, 0.05) is 25.3 Å². The molecular formula is C16H26N2O3. The number of carbonyl (C=O) groups excluding carboxylic acids is 1. The number of hydrogen-bond acceptors (Lipinski definition) is 3. The number of aliphatic hydroxyl groups excluding tert-OH is 1. The van der Waals surface area contributed by atoms with Gasteiger partial charge in [-0.15, -0.1) is 0 Å². The molecule has 0 atom stereocenters. The molecule has 1 rings (SSSR count). The van der Waals surface area contributed by atoms with Crippen LogP contribution < -0.4 is 15.4 Å². The molecule has 0 spiro atoms. The van der Waals surface area contributed by atoms with E-state index in [1.54, 1.807) is 7.11 Å². The predicted octanol–water partition coefficient (Wildman–Crippen LogP) is 2.21. The van der Waals surface area contributed by atoms with Gasteiger partial charge in [0.2, 0.25) is 0 Å². The van der Waals surface area contributed by atoms with Crippen LogP contribution in [-0.2, 0) is 6.54 Å². The van der Waals surface area contributed by atoms with Crippen molar-refractivity contribution in [2.45, 2.75) is 33.7 Å². The first-order valence-corrected chi connectivity index (χ1v) is 7.14. The maximum Gasteiger partial charge on any atom is 0.315 e. The van der Waals surface area contributed by atoms with Gasteiger partial charge in [-0.05, 0) is 30.4 Å². The highest BCUT2D eigenvalue weighted by Crippen LogP contribution is 2.20. The van der Waals surface area contributed by atoms with E-state index in [0.29, 0.717) is 19.5 Å². The van der Waals surface area contributed by atoms with Crippen molar-refractivity contribution in [3.8, 4) is 5.75 Å². The molecule has 0 radical (unpaired) electrons. The minimum absolute atomic E-state index is 0.117. The third-order valence-electron chi connectivity index (χ3n) is 3.40. The first-order valence-electron chi connectivity index (χ1n) is 7.14. The Morgan fingerprint density at radius 2 is 2.05 bits per heavy atom. The standard InChI is InChI=1S/C16H26N2O3/c1-12-5-6-13(14(9-12)21-4)10-17-15(20)18-11-16(2,3)7-8-19/h5-6,9,19H,7-8,10-11H2,1-4H3,(H2,17,18,20). The molecule has 5 heteroatoms. The van der Waals surface area contributed by atoms with Gasteiger partial charge in [0.25, 0.3) is 0 Å². The summed E-state index contributed by atoms with van der Waals surface area (Å²) in [6.07, 6.45) is 0.652. The first kappa shape index (κ1) is 17.3. The normalized spacial score (nSPS) is 11.1. The lowest BCUT2D eigenvalue weighted by molar-refractivity contribution is 0.201. The van der Waals surface area contributed by atoms with Gasteiger partial charge in [0.15, 0.2) is 0 Å². The van der Waals surface area contributed by atoms with Crippen LogP contribution in [0, 0.1) is 12.3 Å². The molecule has 0 heterocycles. The zero-order chi connectivity index (χ0) is 15.9. The Morgan fingerprint density at radius 3 is 2.67 bits per heavy atom. The summed E-state index contributed by atoms with van der Waals surface area (Å²) < 4.78 is 5.31. The van der Waals surface area contributed by atoms with E-state index in [4.69, 9.17) is 9.84 Å². The molecule has 21 heavy (non-hydrogen) atoms. The second-order valence-corrected chi connectivity index (χ2v) is 5.99. The first-order chi connectivity index (χ1) is 9.88. The smallest absolute Gasteiger partial charge is 0.315 e. The van der Waals surface area contributed by atoms with Crippen molar-refractivity contribution in [2.24, 2.45) is 5.41 Å². The van der Waals surface area contributed by atoms with Crippen LogP contribution in [-0.4, -0.2) is 31.4 Å². The summed E-state index contributed by atoms with van der Waals surface area (Å²) in [6, 6.07) is 5.66. The molecule has 0 aliphatic heterocycles. The molecule has 0 saturated heterocycles. The summed E-state index contributed by atoms with van der Waals surface area (Å²) in [7, 11) is 1.62. The van der Waals surface area contributed by atoms with Crippen LogP contribution in [0.1, 0.15) is 31.4 Å². The Hall–Kier alpha value is -1.75. The van der Waals surface area contributed by atoms with Gasteiger partial charge >= 0.3 is 6.03 Å². The van der Waals surface area contributed by atoms with Gasteiger partial charge in [0.1, 0.15) is 5.75 Å². The average Bonchev–Trinajstić information content (AvgIpc) is 2.43. The Balaban J connectivity index is 2.46. The molecule has 118 valence electrons. The van der Waals surface area contributed by atoms with Crippen LogP contribution in [0.5, 0.6) is 5.75 Å². The number of urea groups is 1. The summed E-state index contributed by atoms with van der Waals surface area (Å²) in [5, 5.41) is 14.6. The number of hydrogen-bond donors (Lipinski definition) is 3. The topological polar surface area (TPSA) is 70.6 Å². The number of rotatable bonds is 7. The van der Waals surface area contributed by atoms with Gasteiger partial charge in [-0.1, -0.05) is 26.0 Å². The highest BCUT2D eigenvalue weighted by Gasteiger charge is 2.18. The number of carbonyl (C=O) groups is 1. The van der Waals surface area contributed by atoms with Crippen LogP contribution in [0.2, 0.25) is 0 Å². The third-order valence-corrected chi connectivity index (χ3v) is 3.40. The lowest BCUT2D eigenvalue weighted by atomic mass is 9.90. The van der Waals surface area contributed by atoms with E-state index >= 15 is 0 Å². The highest BCUT2D eigenvalue weighted by molar-refractivity contribution is 5.73. The predicted molar refractivity (Wildman–Crippen MR) is 83.5 cm³/mol. The van der Waals surface area contributed by atoms with Gasteiger partial charge < -0.3 is 20.5 Å². The minimum atomic E-state index is -0.219. The molecule has 5 nitrogen and oxygen atoms in total. The lowest BCUT2D eigenvalue weighted by Gasteiger charge is -2.23. The van der Waals surface area contributed by atoms with Crippen LogP contribution in [0.15, 0.2) is 18.2 Å².